The standard InChI is InChI=1S/C16H28N8OS/c1-4-5-6-24-14(17-20-21-24)12-26-16-19-18-15(23(16)11-13(2)3)22-7-9-25-10-8-22/h13H,4-12H2,1-3H3. The summed E-state index contributed by atoms with van der Waals surface area (Å²) in [7, 11) is 0. The summed E-state index contributed by atoms with van der Waals surface area (Å²) in [6, 6.07) is 0. The first kappa shape index (κ1) is 19.1. The number of morpholine rings is 1. The molecule has 9 nitrogen and oxygen atoms in total. The third kappa shape index (κ3) is 4.73. The van der Waals surface area contributed by atoms with E-state index >= 15 is 0 Å². The number of unbranched alkanes of at least 4 members (excludes halogenated alkanes) is 1. The number of ether oxygens (including phenoxy) is 1. The Kier molecular flexibility index (Phi) is 6.84. The summed E-state index contributed by atoms with van der Waals surface area (Å²) in [5.74, 6) is 3.03. The number of hydrogen-bond acceptors (Lipinski definition) is 8. The van der Waals surface area contributed by atoms with Crippen molar-refractivity contribution in [2.45, 2.75) is 57.6 Å². The molecule has 0 aromatic carbocycles. The molecule has 0 saturated carbocycles. The Balaban J connectivity index is 1.72. The maximum absolute atomic E-state index is 5.46. The minimum atomic E-state index is 0.514. The summed E-state index contributed by atoms with van der Waals surface area (Å²) in [5.41, 5.74) is 0. The van der Waals surface area contributed by atoms with E-state index < -0.39 is 0 Å². The average Bonchev–Trinajstić information content (AvgIpc) is 3.25. The Morgan fingerprint density at radius 1 is 1.15 bits per heavy atom. The fraction of sp³-hybridized carbons (Fsp3) is 0.812. The van der Waals surface area contributed by atoms with Crippen LogP contribution in [0.2, 0.25) is 0 Å². The number of thioether (sulfide) groups is 1. The Hall–Kier alpha value is -1.68. The van der Waals surface area contributed by atoms with Gasteiger partial charge in [0.05, 0.1) is 19.0 Å². The van der Waals surface area contributed by atoms with Gasteiger partial charge in [-0.25, -0.2) is 4.68 Å². The molecule has 0 amide bonds. The highest BCUT2D eigenvalue weighted by Gasteiger charge is 2.21. The Morgan fingerprint density at radius 2 is 1.96 bits per heavy atom. The summed E-state index contributed by atoms with van der Waals surface area (Å²) >= 11 is 1.65. The van der Waals surface area contributed by atoms with Crippen molar-refractivity contribution in [3.63, 3.8) is 0 Å². The SMILES string of the molecule is CCCCn1nnnc1CSc1nnc(N2CCOCC2)n1CC(C)C. The van der Waals surface area contributed by atoms with Gasteiger partial charge in [0.25, 0.3) is 0 Å². The lowest BCUT2D eigenvalue weighted by Crippen LogP contribution is -2.38. The molecule has 0 bridgehead atoms. The molecule has 1 fully saturated rings. The van der Waals surface area contributed by atoms with Gasteiger partial charge in [-0.3, -0.25) is 4.57 Å². The molecule has 0 N–H and O–H groups in total. The van der Waals surface area contributed by atoms with E-state index in [-0.39, 0.29) is 0 Å². The van der Waals surface area contributed by atoms with Crippen LogP contribution >= 0.6 is 11.8 Å². The Morgan fingerprint density at radius 3 is 2.69 bits per heavy atom. The summed E-state index contributed by atoms with van der Waals surface area (Å²) in [6.07, 6.45) is 2.20. The van der Waals surface area contributed by atoms with Crippen molar-refractivity contribution in [1.29, 1.82) is 0 Å². The molecule has 0 atom stereocenters. The zero-order valence-electron chi connectivity index (χ0n) is 15.8. The van der Waals surface area contributed by atoms with Crippen molar-refractivity contribution in [3.8, 4) is 0 Å². The van der Waals surface area contributed by atoms with Crippen LogP contribution in [0.4, 0.5) is 5.95 Å². The van der Waals surface area contributed by atoms with Gasteiger partial charge in [0.1, 0.15) is 0 Å². The quantitative estimate of drug-likeness (QED) is 0.609. The van der Waals surface area contributed by atoms with E-state index in [4.69, 9.17) is 4.74 Å². The lowest BCUT2D eigenvalue weighted by Gasteiger charge is -2.28. The predicted molar refractivity (Wildman–Crippen MR) is 100 cm³/mol. The van der Waals surface area contributed by atoms with Crippen molar-refractivity contribution in [3.05, 3.63) is 5.82 Å². The molecule has 0 spiro atoms. The van der Waals surface area contributed by atoms with Gasteiger partial charge in [0.2, 0.25) is 5.95 Å². The number of tetrazole rings is 1. The smallest absolute Gasteiger partial charge is 0.228 e. The zero-order chi connectivity index (χ0) is 18.4. The molecule has 3 rings (SSSR count). The van der Waals surface area contributed by atoms with Crippen molar-refractivity contribution in [1.82, 2.24) is 35.0 Å². The van der Waals surface area contributed by atoms with Gasteiger partial charge in [-0.2, -0.15) is 0 Å². The molecule has 26 heavy (non-hydrogen) atoms. The van der Waals surface area contributed by atoms with Crippen LogP contribution in [0.1, 0.15) is 39.4 Å². The molecule has 2 aromatic heterocycles. The van der Waals surface area contributed by atoms with Gasteiger partial charge in [-0.05, 0) is 22.8 Å². The second kappa shape index (κ2) is 9.31. The van der Waals surface area contributed by atoms with Crippen LogP contribution in [0.25, 0.3) is 0 Å². The van der Waals surface area contributed by atoms with Crippen molar-refractivity contribution in [2.24, 2.45) is 5.92 Å². The topological polar surface area (TPSA) is 86.8 Å². The Bertz CT molecular complexity index is 680. The van der Waals surface area contributed by atoms with E-state index in [0.717, 1.165) is 69.2 Å². The molecule has 1 saturated heterocycles. The normalized spacial score (nSPS) is 15.2. The second-order valence-electron chi connectivity index (χ2n) is 6.85. The largest absolute Gasteiger partial charge is 0.378 e. The molecule has 3 heterocycles. The zero-order valence-corrected chi connectivity index (χ0v) is 16.7. The number of nitrogens with zero attached hydrogens (tertiary/aromatic N) is 8. The molecular weight excluding hydrogens is 352 g/mol. The first-order valence-corrected chi connectivity index (χ1v) is 10.3. The molecular formula is C16H28N8OS. The first-order chi connectivity index (χ1) is 12.7. The molecule has 10 heteroatoms. The van der Waals surface area contributed by atoms with E-state index in [0.29, 0.717) is 11.7 Å². The Labute approximate surface area is 158 Å². The fourth-order valence-corrected chi connectivity index (χ4v) is 3.72. The number of aromatic nitrogens is 7. The summed E-state index contributed by atoms with van der Waals surface area (Å²) in [4.78, 5) is 2.26. The van der Waals surface area contributed by atoms with Crippen LogP contribution in [-0.4, -0.2) is 61.3 Å². The highest BCUT2D eigenvalue weighted by molar-refractivity contribution is 7.98. The average molecular weight is 381 g/mol. The van der Waals surface area contributed by atoms with Crippen molar-refractivity contribution >= 4 is 17.7 Å². The monoisotopic (exact) mass is 380 g/mol. The van der Waals surface area contributed by atoms with E-state index in [2.05, 4.69) is 56.0 Å². The molecule has 0 unspecified atom stereocenters. The van der Waals surface area contributed by atoms with Gasteiger partial charge >= 0.3 is 0 Å². The molecule has 0 radical (unpaired) electrons. The van der Waals surface area contributed by atoms with Crippen molar-refractivity contribution < 1.29 is 4.74 Å². The molecule has 144 valence electrons. The van der Waals surface area contributed by atoms with Gasteiger partial charge in [0, 0.05) is 26.2 Å². The molecule has 1 aliphatic heterocycles. The minimum Gasteiger partial charge on any atom is -0.378 e. The summed E-state index contributed by atoms with van der Waals surface area (Å²) in [6.45, 7) is 11.5. The third-order valence-corrected chi connectivity index (χ3v) is 5.16. The van der Waals surface area contributed by atoms with E-state index in [1.54, 1.807) is 11.8 Å². The summed E-state index contributed by atoms with van der Waals surface area (Å²) < 4.78 is 9.58. The number of anilines is 1. The summed E-state index contributed by atoms with van der Waals surface area (Å²) in [5, 5.41) is 21.9. The predicted octanol–water partition coefficient (Wildman–Crippen LogP) is 1.85. The first-order valence-electron chi connectivity index (χ1n) is 9.32. The fourth-order valence-electron chi connectivity index (χ4n) is 2.85. The van der Waals surface area contributed by atoms with Crippen LogP contribution in [-0.2, 0) is 23.6 Å². The van der Waals surface area contributed by atoms with Crippen molar-refractivity contribution in [2.75, 3.05) is 31.2 Å². The third-order valence-electron chi connectivity index (χ3n) is 4.20. The lowest BCUT2D eigenvalue weighted by molar-refractivity contribution is 0.121. The molecule has 2 aromatic rings. The number of rotatable bonds is 9. The van der Waals surface area contributed by atoms with E-state index in [1.165, 1.54) is 0 Å². The maximum Gasteiger partial charge on any atom is 0.228 e. The highest BCUT2D eigenvalue weighted by Crippen LogP contribution is 2.26. The lowest BCUT2D eigenvalue weighted by atomic mass is 10.2. The second-order valence-corrected chi connectivity index (χ2v) is 7.79. The van der Waals surface area contributed by atoms with Crippen LogP contribution in [0.3, 0.4) is 0 Å². The van der Waals surface area contributed by atoms with Gasteiger partial charge in [0.15, 0.2) is 11.0 Å². The molecule has 1 aliphatic rings. The minimum absolute atomic E-state index is 0.514. The van der Waals surface area contributed by atoms with Crippen LogP contribution < -0.4 is 4.90 Å². The highest BCUT2D eigenvalue weighted by atomic mass is 32.2. The van der Waals surface area contributed by atoms with E-state index in [9.17, 15) is 0 Å². The van der Waals surface area contributed by atoms with Gasteiger partial charge < -0.3 is 9.64 Å². The van der Waals surface area contributed by atoms with Crippen LogP contribution in [0.5, 0.6) is 0 Å². The number of aryl methyl sites for hydroxylation is 1. The number of hydrogen-bond donors (Lipinski definition) is 0. The van der Waals surface area contributed by atoms with Crippen LogP contribution in [0, 0.1) is 5.92 Å². The van der Waals surface area contributed by atoms with E-state index in [1.807, 2.05) is 4.68 Å². The maximum atomic E-state index is 5.46. The molecule has 0 aliphatic carbocycles. The van der Waals surface area contributed by atoms with Gasteiger partial charge in [-0.15, -0.1) is 15.3 Å². The van der Waals surface area contributed by atoms with Crippen LogP contribution in [0.15, 0.2) is 5.16 Å². The van der Waals surface area contributed by atoms with Gasteiger partial charge in [-0.1, -0.05) is 39.0 Å².